The van der Waals surface area contributed by atoms with Crippen LogP contribution in [0.5, 0.6) is 0 Å². The number of halogens is 2. The lowest BCUT2D eigenvalue weighted by Gasteiger charge is -2.21. The number of hydrogen-bond donors (Lipinski definition) is 4. The molecule has 0 spiro atoms. The topological polar surface area (TPSA) is 72.8 Å². The molecule has 2 heterocycles. The van der Waals surface area contributed by atoms with E-state index in [0.29, 0.717) is 12.3 Å². The van der Waals surface area contributed by atoms with E-state index < -0.39 is 0 Å². The van der Waals surface area contributed by atoms with Crippen LogP contribution in [0, 0.1) is 0 Å². The van der Waals surface area contributed by atoms with Crippen LogP contribution in [0.1, 0.15) is 26.7 Å². The smallest absolute Gasteiger partial charge is 0.0989 e. The summed E-state index contributed by atoms with van der Waals surface area (Å²) in [5.41, 5.74) is 0. The van der Waals surface area contributed by atoms with Crippen LogP contribution in [-0.2, 0) is 0 Å². The first-order valence-corrected chi connectivity index (χ1v) is 7.18. The number of nitrogens with zero attached hydrogens (tertiary/aromatic N) is 2. The summed E-state index contributed by atoms with van der Waals surface area (Å²) in [6.07, 6.45) is 2.60. The highest BCUT2D eigenvalue weighted by Crippen LogP contribution is 2.10. The van der Waals surface area contributed by atoms with Crippen molar-refractivity contribution in [3.8, 4) is 0 Å². The summed E-state index contributed by atoms with van der Waals surface area (Å²) >= 11 is 0. The van der Waals surface area contributed by atoms with E-state index >= 15 is 0 Å². The summed E-state index contributed by atoms with van der Waals surface area (Å²) < 4.78 is 0. The molecule has 20 heavy (non-hydrogen) atoms. The van der Waals surface area contributed by atoms with Crippen LogP contribution in [0.3, 0.4) is 0 Å². The molecular weight excluding hydrogens is 299 g/mol. The third-order valence-electron chi connectivity index (χ3n) is 3.68. The number of nitrogens with one attached hydrogen (secondary N) is 4. The number of azo groups is 1. The van der Waals surface area contributed by atoms with E-state index in [-0.39, 0.29) is 36.9 Å². The van der Waals surface area contributed by atoms with Crippen molar-refractivity contribution in [1.29, 1.82) is 0 Å². The largest absolute Gasteiger partial charge is 0.299 e. The van der Waals surface area contributed by atoms with Gasteiger partial charge >= 0.3 is 0 Å². The maximum absolute atomic E-state index is 4.56. The lowest BCUT2D eigenvalue weighted by Crippen LogP contribution is -2.43. The van der Waals surface area contributed by atoms with Crippen LogP contribution in [0.15, 0.2) is 10.2 Å². The molecule has 0 aromatic rings. The monoisotopic (exact) mass is 326 g/mol. The van der Waals surface area contributed by atoms with Gasteiger partial charge in [-0.2, -0.15) is 10.2 Å². The number of hydrogen-bond acceptors (Lipinski definition) is 6. The van der Waals surface area contributed by atoms with Gasteiger partial charge in [0.05, 0.1) is 24.4 Å². The molecule has 0 bridgehead atoms. The van der Waals surface area contributed by atoms with Crippen molar-refractivity contribution in [2.75, 3.05) is 26.2 Å². The van der Waals surface area contributed by atoms with Crippen molar-refractivity contribution in [3.05, 3.63) is 0 Å². The van der Waals surface area contributed by atoms with Crippen LogP contribution < -0.4 is 21.3 Å². The predicted octanol–water partition coefficient (Wildman–Crippen LogP) is 0.877. The van der Waals surface area contributed by atoms with Crippen molar-refractivity contribution in [3.63, 3.8) is 0 Å². The third kappa shape index (κ3) is 5.42. The highest BCUT2D eigenvalue weighted by atomic mass is 35.5. The van der Waals surface area contributed by atoms with E-state index in [1.807, 2.05) is 0 Å². The minimum atomic E-state index is 0. The van der Waals surface area contributed by atoms with Gasteiger partial charge in [0, 0.05) is 26.2 Å². The summed E-state index contributed by atoms with van der Waals surface area (Å²) in [6.45, 7) is 8.44. The van der Waals surface area contributed by atoms with E-state index in [9.17, 15) is 0 Å². The summed E-state index contributed by atoms with van der Waals surface area (Å²) in [4.78, 5) is 0. The van der Waals surface area contributed by atoms with Gasteiger partial charge in [0.15, 0.2) is 0 Å². The molecule has 2 rings (SSSR count). The summed E-state index contributed by atoms with van der Waals surface area (Å²) in [5.74, 6) is 0. The molecule has 4 N–H and O–H groups in total. The van der Waals surface area contributed by atoms with Gasteiger partial charge in [0.1, 0.15) is 0 Å². The molecule has 2 aliphatic heterocycles. The Kier molecular flexibility index (Phi) is 10.7. The maximum atomic E-state index is 4.56. The Bertz CT molecular complexity index is 241. The first-order chi connectivity index (χ1) is 8.85. The second-order valence-corrected chi connectivity index (χ2v) is 4.95. The zero-order valence-corrected chi connectivity index (χ0v) is 13.9. The normalized spacial score (nSPS) is 23.5. The molecule has 0 amide bonds. The van der Waals surface area contributed by atoms with Crippen LogP contribution >= 0.6 is 24.8 Å². The summed E-state index contributed by atoms with van der Waals surface area (Å²) in [7, 11) is 0. The average molecular weight is 327 g/mol. The van der Waals surface area contributed by atoms with E-state index in [0.717, 1.165) is 39.0 Å². The Morgan fingerprint density at radius 2 is 1.05 bits per heavy atom. The van der Waals surface area contributed by atoms with E-state index in [4.69, 9.17) is 0 Å². The summed E-state index contributed by atoms with van der Waals surface area (Å²) in [5, 5.41) is 22.8. The van der Waals surface area contributed by atoms with Crippen LogP contribution in [0.4, 0.5) is 0 Å². The summed E-state index contributed by atoms with van der Waals surface area (Å²) in [6, 6.07) is 0.478. The Morgan fingerprint density at radius 1 is 0.750 bits per heavy atom. The van der Waals surface area contributed by atoms with Crippen molar-refractivity contribution in [1.82, 2.24) is 21.3 Å². The van der Waals surface area contributed by atoms with Crippen molar-refractivity contribution in [2.24, 2.45) is 10.2 Å². The van der Waals surface area contributed by atoms with E-state index in [1.54, 1.807) is 0 Å². The van der Waals surface area contributed by atoms with Crippen LogP contribution in [0.25, 0.3) is 0 Å². The Labute approximate surface area is 134 Å². The van der Waals surface area contributed by atoms with Crippen molar-refractivity contribution in [2.45, 2.75) is 51.1 Å². The fraction of sp³-hybridized carbons (Fsp3) is 1.00. The fourth-order valence-corrected chi connectivity index (χ4v) is 2.54. The molecule has 2 saturated heterocycles. The molecule has 2 aliphatic rings. The molecule has 2 atom stereocenters. The van der Waals surface area contributed by atoms with Gasteiger partial charge in [0.2, 0.25) is 0 Å². The third-order valence-corrected chi connectivity index (χ3v) is 3.68. The molecule has 6 nitrogen and oxygen atoms in total. The zero-order chi connectivity index (χ0) is 12.8. The highest BCUT2D eigenvalue weighted by Gasteiger charge is 2.25. The highest BCUT2D eigenvalue weighted by molar-refractivity contribution is 5.85. The first kappa shape index (κ1) is 20.0. The molecule has 0 saturated carbocycles. The zero-order valence-electron chi connectivity index (χ0n) is 12.3. The van der Waals surface area contributed by atoms with Crippen molar-refractivity contribution >= 4 is 24.8 Å². The van der Waals surface area contributed by atoms with Gasteiger partial charge in [-0.25, -0.2) is 0 Å². The molecular formula is C12H28Cl2N6. The Morgan fingerprint density at radius 3 is 1.30 bits per heavy atom. The molecule has 0 radical (unpaired) electrons. The molecule has 120 valence electrons. The fourth-order valence-electron chi connectivity index (χ4n) is 2.54. The SMILES string of the molecule is CCC(N=NC(CC)C1NCCN1)C1NCCN1.Cl.Cl. The maximum Gasteiger partial charge on any atom is 0.0989 e. The van der Waals surface area contributed by atoms with Gasteiger partial charge < -0.3 is 0 Å². The second-order valence-electron chi connectivity index (χ2n) is 4.95. The van der Waals surface area contributed by atoms with Gasteiger partial charge in [0.25, 0.3) is 0 Å². The second kappa shape index (κ2) is 10.7. The van der Waals surface area contributed by atoms with E-state index in [1.165, 1.54) is 0 Å². The predicted molar refractivity (Wildman–Crippen MR) is 87.1 cm³/mol. The van der Waals surface area contributed by atoms with Crippen LogP contribution in [0.2, 0.25) is 0 Å². The molecule has 2 fully saturated rings. The van der Waals surface area contributed by atoms with Gasteiger partial charge in [-0.05, 0) is 12.8 Å². The number of rotatable bonds is 6. The molecule has 8 heteroatoms. The Hall–Kier alpha value is 0.0200. The minimum absolute atomic E-state index is 0. The van der Waals surface area contributed by atoms with Gasteiger partial charge in [-0.15, -0.1) is 24.8 Å². The van der Waals surface area contributed by atoms with E-state index in [2.05, 4.69) is 45.3 Å². The lowest BCUT2D eigenvalue weighted by atomic mass is 10.2. The Balaban J connectivity index is 0.00000180. The standard InChI is InChI=1S/C12H26N6.2ClH/c1-3-9(11-13-5-6-14-11)17-18-10(4-2)12-15-7-8-16-12;;/h9-16H,3-8H2,1-2H3;2*1H. The first-order valence-electron chi connectivity index (χ1n) is 7.18. The average Bonchev–Trinajstić information content (AvgIpc) is 3.07. The molecule has 0 aromatic carbocycles. The lowest BCUT2D eigenvalue weighted by molar-refractivity contribution is 0.385. The molecule has 0 aromatic heterocycles. The van der Waals surface area contributed by atoms with Gasteiger partial charge in [-0.1, -0.05) is 13.8 Å². The minimum Gasteiger partial charge on any atom is -0.299 e. The quantitative estimate of drug-likeness (QED) is 0.547. The van der Waals surface area contributed by atoms with Gasteiger partial charge in [-0.3, -0.25) is 21.3 Å². The van der Waals surface area contributed by atoms with Crippen molar-refractivity contribution < 1.29 is 0 Å². The van der Waals surface area contributed by atoms with Crippen LogP contribution in [-0.4, -0.2) is 50.6 Å². The molecule has 2 unspecified atom stereocenters. The molecule has 0 aliphatic carbocycles.